The van der Waals surface area contributed by atoms with Crippen LogP contribution in [0.3, 0.4) is 0 Å². The molecule has 1 amide bonds. The Morgan fingerprint density at radius 3 is 2.56 bits per heavy atom. The van der Waals surface area contributed by atoms with Crippen LogP contribution >= 0.6 is 24.0 Å². The van der Waals surface area contributed by atoms with Gasteiger partial charge in [0.2, 0.25) is 0 Å². The van der Waals surface area contributed by atoms with E-state index in [2.05, 4.69) is 46.1 Å². The normalized spacial score (nSPS) is 15.6. The molecule has 1 fully saturated rings. The molecule has 2 aromatic rings. The van der Waals surface area contributed by atoms with Crippen LogP contribution in [-0.4, -0.2) is 45.8 Å². The molecular formula is C24H33IN4O3. The number of rotatable bonds is 8. The van der Waals surface area contributed by atoms with Gasteiger partial charge in [0.25, 0.3) is 5.91 Å². The highest BCUT2D eigenvalue weighted by molar-refractivity contribution is 14.0. The van der Waals surface area contributed by atoms with E-state index in [4.69, 9.17) is 9.47 Å². The second-order valence-corrected chi connectivity index (χ2v) is 7.71. The molecular weight excluding hydrogens is 519 g/mol. The monoisotopic (exact) mass is 552 g/mol. The molecule has 1 saturated heterocycles. The molecule has 0 radical (unpaired) electrons. The topological polar surface area (TPSA) is 84.0 Å². The standard InChI is InChI=1S/C24H32N4O3.HI/c1-17-4-7-21(22(12-17)31-16-19-10-11-30-15-19)14-28-24(26-3)27-13-18-5-8-20(9-6-18)23(29)25-2;/h4-9,12,19H,10-11,13-16H2,1-3H3,(H,25,29)(H2,26,27,28);1H. The number of benzene rings is 2. The van der Waals surface area contributed by atoms with Gasteiger partial charge in [-0.25, -0.2) is 0 Å². The van der Waals surface area contributed by atoms with E-state index in [1.54, 1.807) is 14.1 Å². The number of carbonyl (C=O) groups is 1. The summed E-state index contributed by atoms with van der Waals surface area (Å²) in [4.78, 5) is 16.0. The fraction of sp³-hybridized carbons (Fsp3) is 0.417. The number of hydrogen-bond acceptors (Lipinski definition) is 4. The number of carbonyl (C=O) groups excluding carboxylic acids is 1. The van der Waals surface area contributed by atoms with E-state index >= 15 is 0 Å². The first-order valence-corrected chi connectivity index (χ1v) is 10.6. The molecule has 0 aromatic heterocycles. The van der Waals surface area contributed by atoms with Gasteiger partial charge in [0.1, 0.15) is 5.75 Å². The van der Waals surface area contributed by atoms with E-state index < -0.39 is 0 Å². The summed E-state index contributed by atoms with van der Waals surface area (Å²) in [6.07, 6.45) is 1.06. The summed E-state index contributed by atoms with van der Waals surface area (Å²) >= 11 is 0. The van der Waals surface area contributed by atoms with E-state index in [0.717, 1.165) is 36.5 Å². The Morgan fingerprint density at radius 2 is 1.91 bits per heavy atom. The molecule has 1 aliphatic heterocycles. The van der Waals surface area contributed by atoms with Crippen molar-refractivity contribution in [2.45, 2.75) is 26.4 Å². The molecule has 1 atom stereocenters. The van der Waals surface area contributed by atoms with E-state index in [9.17, 15) is 4.79 Å². The van der Waals surface area contributed by atoms with Gasteiger partial charge in [0.15, 0.2) is 5.96 Å². The molecule has 3 N–H and O–H groups in total. The van der Waals surface area contributed by atoms with E-state index in [0.29, 0.717) is 37.1 Å². The molecule has 32 heavy (non-hydrogen) atoms. The molecule has 3 rings (SSSR count). The highest BCUT2D eigenvalue weighted by atomic mass is 127. The third kappa shape index (κ3) is 7.67. The van der Waals surface area contributed by atoms with Crippen molar-refractivity contribution in [3.8, 4) is 5.75 Å². The number of hydrogen-bond donors (Lipinski definition) is 3. The van der Waals surface area contributed by atoms with Crippen molar-refractivity contribution in [2.24, 2.45) is 10.9 Å². The predicted molar refractivity (Wildman–Crippen MR) is 138 cm³/mol. The van der Waals surface area contributed by atoms with Crippen LogP contribution in [-0.2, 0) is 17.8 Å². The minimum Gasteiger partial charge on any atom is -0.493 e. The lowest BCUT2D eigenvalue weighted by Gasteiger charge is -2.17. The Kier molecular flexibility index (Phi) is 10.8. The van der Waals surface area contributed by atoms with Gasteiger partial charge in [-0.2, -0.15) is 0 Å². The van der Waals surface area contributed by atoms with E-state index in [1.165, 1.54) is 5.56 Å². The second kappa shape index (κ2) is 13.3. The fourth-order valence-corrected chi connectivity index (χ4v) is 3.37. The SMILES string of the molecule is CN=C(NCc1ccc(C(=O)NC)cc1)NCc1ccc(C)cc1OCC1CCOC1.I. The fourth-order valence-electron chi connectivity index (χ4n) is 3.37. The summed E-state index contributed by atoms with van der Waals surface area (Å²) in [5.74, 6) is 1.98. The molecule has 7 nitrogen and oxygen atoms in total. The Balaban J connectivity index is 0.00000363. The molecule has 0 aliphatic carbocycles. The van der Waals surface area contributed by atoms with Gasteiger partial charge in [-0.05, 0) is 42.7 Å². The minimum absolute atomic E-state index is 0. The smallest absolute Gasteiger partial charge is 0.251 e. The van der Waals surface area contributed by atoms with Gasteiger partial charge >= 0.3 is 0 Å². The number of ether oxygens (including phenoxy) is 2. The molecule has 2 aromatic carbocycles. The number of aliphatic imine (C=N–C) groups is 1. The number of guanidine groups is 1. The molecule has 1 aliphatic rings. The van der Waals surface area contributed by atoms with Crippen LogP contribution in [0.4, 0.5) is 0 Å². The van der Waals surface area contributed by atoms with Crippen molar-refractivity contribution < 1.29 is 14.3 Å². The van der Waals surface area contributed by atoms with Crippen molar-refractivity contribution in [3.05, 3.63) is 64.7 Å². The predicted octanol–water partition coefficient (Wildman–Crippen LogP) is 3.25. The maximum absolute atomic E-state index is 11.7. The first-order valence-electron chi connectivity index (χ1n) is 10.6. The maximum Gasteiger partial charge on any atom is 0.251 e. The van der Waals surface area contributed by atoms with E-state index in [-0.39, 0.29) is 29.9 Å². The molecule has 0 saturated carbocycles. The number of halogens is 1. The van der Waals surface area contributed by atoms with Crippen molar-refractivity contribution in [3.63, 3.8) is 0 Å². The first kappa shape index (κ1) is 25.9. The molecule has 8 heteroatoms. The second-order valence-electron chi connectivity index (χ2n) is 7.71. The van der Waals surface area contributed by atoms with Crippen molar-refractivity contribution in [2.75, 3.05) is 33.9 Å². The Hall–Kier alpha value is -2.33. The van der Waals surface area contributed by atoms with Crippen LogP contribution in [0.5, 0.6) is 5.75 Å². The minimum atomic E-state index is -0.0893. The quantitative estimate of drug-likeness (QED) is 0.266. The largest absolute Gasteiger partial charge is 0.493 e. The summed E-state index contributed by atoms with van der Waals surface area (Å²) in [6, 6.07) is 13.8. The summed E-state index contributed by atoms with van der Waals surface area (Å²) < 4.78 is 11.6. The van der Waals surface area contributed by atoms with Gasteiger partial charge in [0, 0.05) is 50.8 Å². The van der Waals surface area contributed by atoms with Gasteiger partial charge in [-0.1, -0.05) is 24.3 Å². The van der Waals surface area contributed by atoms with Crippen LogP contribution < -0.4 is 20.7 Å². The number of nitrogens with zero attached hydrogens (tertiary/aromatic N) is 1. The average molecular weight is 552 g/mol. The van der Waals surface area contributed by atoms with Crippen LogP contribution in [0.2, 0.25) is 0 Å². The molecule has 0 spiro atoms. The molecule has 174 valence electrons. The zero-order chi connectivity index (χ0) is 22.1. The zero-order valence-corrected chi connectivity index (χ0v) is 21.3. The Morgan fingerprint density at radius 1 is 1.16 bits per heavy atom. The van der Waals surface area contributed by atoms with Gasteiger partial charge in [-0.15, -0.1) is 24.0 Å². The average Bonchev–Trinajstić information content (AvgIpc) is 3.32. The van der Waals surface area contributed by atoms with Gasteiger partial charge in [-0.3, -0.25) is 9.79 Å². The first-order chi connectivity index (χ1) is 15.1. The van der Waals surface area contributed by atoms with Crippen molar-refractivity contribution >= 4 is 35.8 Å². The molecule has 1 heterocycles. The Labute approximate surface area is 207 Å². The van der Waals surface area contributed by atoms with Gasteiger partial charge < -0.3 is 25.4 Å². The third-order valence-electron chi connectivity index (χ3n) is 5.29. The Bertz CT molecular complexity index is 897. The van der Waals surface area contributed by atoms with Crippen LogP contribution in [0, 0.1) is 12.8 Å². The number of aryl methyl sites for hydroxylation is 1. The molecule has 1 unspecified atom stereocenters. The maximum atomic E-state index is 11.7. The summed E-state index contributed by atoms with van der Waals surface area (Å²) in [5.41, 5.74) is 3.96. The lowest BCUT2D eigenvalue weighted by Crippen LogP contribution is -2.36. The van der Waals surface area contributed by atoms with Crippen LogP contribution in [0.1, 0.15) is 33.5 Å². The summed E-state index contributed by atoms with van der Waals surface area (Å²) in [5, 5.41) is 9.28. The van der Waals surface area contributed by atoms with Crippen molar-refractivity contribution in [1.82, 2.24) is 16.0 Å². The summed E-state index contributed by atoms with van der Waals surface area (Å²) in [7, 11) is 3.37. The van der Waals surface area contributed by atoms with Crippen LogP contribution in [0.15, 0.2) is 47.5 Å². The van der Waals surface area contributed by atoms with Gasteiger partial charge in [0.05, 0.1) is 13.2 Å². The lowest BCUT2D eigenvalue weighted by atomic mass is 10.1. The van der Waals surface area contributed by atoms with Crippen molar-refractivity contribution in [1.29, 1.82) is 0 Å². The lowest BCUT2D eigenvalue weighted by molar-refractivity contribution is 0.0963. The van der Waals surface area contributed by atoms with E-state index in [1.807, 2.05) is 24.3 Å². The molecule has 0 bridgehead atoms. The third-order valence-corrected chi connectivity index (χ3v) is 5.29. The zero-order valence-electron chi connectivity index (χ0n) is 18.9. The number of amides is 1. The van der Waals surface area contributed by atoms with Crippen LogP contribution in [0.25, 0.3) is 0 Å². The highest BCUT2D eigenvalue weighted by Crippen LogP contribution is 2.22. The summed E-state index contributed by atoms with van der Waals surface area (Å²) in [6.45, 7) is 5.56. The highest BCUT2D eigenvalue weighted by Gasteiger charge is 2.17. The number of nitrogens with one attached hydrogen (secondary N) is 3.